The zero-order chi connectivity index (χ0) is 21.4. The molecule has 3 rings (SSSR count). The maximum absolute atomic E-state index is 12.7. The first kappa shape index (κ1) is 21.9. The molecule has 2 aromatic carbocycles. The standard InChI is InChI=1S/C26H31NO3/c1-3-4-5-17-29-23-12-8-21(9-13-23)22-10-14-24(15-11-22)30-25(28)26(19-27)16-6-7-20(2)18-26/h8-15,20H,3-7,16-18H2,1-2H3. The van der Waals surface area contributed by atoms with Crippen LogP contribution < -0.4 is 9.47 Å². The predicted molar refractivity (Wildman–Crippen MR) is 118 cm³/mol. The lowest BCUT2D eigenvalue weighted by Crippen LogP contribution is -2.37. The fourth-order valence-electron chi connectivity index (χ4n) is 4.09. The van der Waals surface area contributed by atoms with Gasteiger partial charge in [0, 0.05) is 0 Å². The second-order valence-electron chi connectivity index (χ2n) is 8.39. The minimum absolute atomic E-state index is 0.368. The normalized spacial score (nSPS) is 20.9. The Morgan fingerprint density at radius 2 is 1.70 bits per heavy atom. The van der Waals surface area contributed by atoms with Crippen molar-refractivity contribution in [2.75, 3.05) is 6.61 Å². The summed E-state index contributed by atoms with van der Waals surface area (Å²) in [5.41, 5.74) is 1.10. The van der Waals surface area contributed by atoms with Crippen LogP contribution in [0.2, 0.25) is 0 Å². The molecule has 0 saturated heterocycles. The number of carbonyl (C=O) groups excluding carboxylic acids is 1. The molecule has 2 aromatic rings. The first-order valence-electron chi connectivity index (χ1n) is 11.0. The molecule has 0 heterocycles. The highest BCUT2D eigenvalue weighted by Gasteiger charge is 2.43. The molecule has 2 atom stereocenters. The van der Waals surface area contributed by atoms with E-state index in [9.17, 15) is 10.1 Å². The summed E-state index contributed by atoms with van der Waals surface area (Å²) in [6, 6.07) is 17.7. The van der Waals surface area contributed by atoms with Crippen molar-refractivity contribution in [1.29, 1.82) is 5.26 Å². The number of hydrogen-bond acceptors (Lipinski definition) is 4. The highest BCUT2D eigenvalue weighted by atomic mass is 16.5. The van der Waals surface area contributed by atoms with Crippen LogP contribution in [0.1, 0.15) is 58.8 Å². The number of hydrogen-bond donors (Lipinski definition) is 0. The van der Waals surface area contributed by atoms with Gasteiger partial charge in [0.2, 0.25) is 0 Å². The molecule has 158 valence electrons. The van der Waals surface area contributed by atoms with E-state index in [-0.39, 0.29) is 0 Å². The molecule has 0 aliphatic heterocycles. The molecule has 0 bridgehead atoms. The van der Waals surface area contributed by atoms with Crippen molar-refractivity contribution in [3.05, 3.63) is 48.5 Å². The summed E-state index contributed by atoms with van der Waals surface area (Å²) < 4.78 is 11.4. The minimum Gasteiger partial charge on any atom is -0.494 e. The molecule has 0 spiro atoms. The Kier molecular flexibility index (Phi) is 7.52. The number of ether oxygens (including phenoxy) is 2. The molecule has 4 heteroatoms. The van der Waals surface area contributed by atoms with Crippen LogP contribution in [-0.2, 0) is 4.79 Å². The van der Waals surface area contributed by atoms with Gasteiger partial charge in [-0.3, -0.25) is 0 Å². The minimum atomic E-state index is -1.01. The fourth-order valence-corrected chi connectivity index (χ4v) is 4.09. The highest BCUT2D eigenvalue weighted by molar-refractivity contribution is 5.82. The highest BCUT2D eigenvalue weighted by Crippen LogP contribution is 2.40. The molecule has 0 radical (unpaired) electrons. The predicted octanol–water partition coefficient (Wildman–Crippen LogP) is 6.55. The van der Waals surface area contributed by atoms with Crippen molar-refractivity contribution < 1.29 is 14.3 Å². The topological polar surface area (TPSA) is 59.3 Å². The van der Waals surface area contributed by atoms with Gasteiger partial charge in [-0.05, 0) is 60.6 Å². The Morgan fingerprint density at radius 3 is 2.27 bits per heavy atom. The Labute approximate surface area is 179 Å². The van der Waals surface area contributed by atoms with Crippen LogP contribution in [-0.4, -0.2) is 12.6 Å². The lowest BCUT2D eigenvalue weighted by atomic mass is 9.71. The third kappa shape index (κ3) is 5.42. The quantitative estimate of drug-likeness (QED) is 0.284. The number of carbonyl (C=O) groups is 1. The molecule has 2 unspecified atom stereocenters. The van der Waals surface area contributed by atoms with Crippen molar-refractivity contribution in [3.8, 4) is 28.7 Å². The number of benzene rings is 2. The van der Waals surface area contributed by atoms with Crippen LogP contribution in [0.5, 0.6) is 11.5 Å². The van der Waals surface area contributed by atoms with Crippen LogP contribution >= 0.6 is 0 Å². The molecule has 0 N–H and O–H groups in total. The zero-order valence-corrected chi connectivity index (χ0v) is 18.0. The molecule has 0 amide bonds. The summed E-state index contributed by atoms with van der Waals surface area (Å²) in [5, 5.41) is 9.64. The van der Waals surface area contributed by atoms with Gasteiger partial charge in [0.25, 0.3) is 0 Å². The first-order valence-corrected chi connectivity index (χ1v) is 11.0. The first-order chi connectivity index (χ1) is 14.6. The van der Waals surface area contributed by atoms with E-state index < -0.39 is 11.4 Å². The van der Waals surface area contributed by atoms with Crippen LogP contribution in [0.4, 0.5) is 0 Å². The monoisotopic (exact) mass is 405 g/mol. The van der Waals surface area contributed by atoms with E-state index in [1.807, 2.05) is 36.4 Å². The Morgan fingerprint density at radius 1 is 1.07 bits per heavy atom. The third-order valence-corrected chi connectivity index (χ3v) is 5.87. The largest absolute Gasteiger partial charge is 0.494 e. The summed E-state index contributed by atoms with van der Waals surface area (Å²) in [5.74, 6) is 1.30. The van der Waals surface area contributed by atoms with Gasteiger partial charge >= 0.3 is 5.97 Å². The number of nitriles is 1. The molecule has 1 saturated carbocycles. The Bertz CT molecular complexity index is 867. The van der Waals surface area contributed by atoms with E-state index in [0.29, 0.717) is 24.5 Å². The van der Waals surface area contributed by atoms with Crippen molar-refractivity contribution >= 4 is 5.97 Å². The van der Waals surface area contributed by atoms with E-state index in [0.717, 1.165) is 42.7 Å². The third-order valence-electron chi connectivity index (χ3n) is 5.87. The summed E-state index contributed by atoms with van der Waals surface area (Å²) in [7, 11) is 0. The van der Waals surface area contributed by atoms with Gasteiger partial charge in [0.05, 0.1) is 12.7 Å². The van der Waals surface area contributed by atoms with Crippen LogP contribution in [0, 0.1) is 22.7 Å². The number of unbranched alkanes of at least 4 members (excludes halogenated alkanes) is 2. The van der Waals surface area contributed by atoms with Crippen molar-refractivity contribution in [2.24, 2.45) is 11.3 Å². The summed E-state index contributed by atoms with van der Waals surface area (Å²) in [4.78, 5) is 12.7. The van der Waals surface area contributed by atoms with Gasteiger partial charge in [-0.1, -0.05) is 63.8 Å². The molecular weight excluding hydrogens is 374 g/mol. The second-order valence-corrected chi connectivity index (χ2v) is 8.39. The van der Waals surface area contributed by atoms with E-state index in [2.05, 4.69) is 19.9 Å². The summed E-state index contributed by atoms with van der Waals surface area (Å²) in [6.07, 6.45) is 6.55. The van der Waals surface area contributed by atoms with Crippen LogP contribution in [0.25, 0.3) is 11.1 Å². The molecule has 1 aliphatic rings. The van der Waals surface area contributed by atoms with Gasteiger partial charge < -0.3 is 9.47 Å². The average molecular weight is 406 g/mol. The van der Waals surface area contributed by atoms with Crippen LogP contribution in [0.15, 0.2) is 48.5 Å². The van der Waals surface area contributed by atoms with Gasteiger partial charge in [0.1, 0.15) is 11.5 Å². The van der Waals surface area contributed by atoms with Crippen molar-refractivity contribution in [3.63, 3.8) is 0 Å². The van der Waals surface area contributed by atoms with Gasteiger partial charge in [-0.25, -0.2) is 4.79 Å². The Hall–Kier alpha value is -2.80. The van der Waals surface area contributed by atoms with E-state index >= 15 is 0 Å². The molecule has 4 nitrogen and oxygen atoms in total. The van der Waals surface area contributed by atoms with Crippen LogP contribution in [0.3, 0.4) is 0 Å². The average Bonchev–Trinajstić information content (AvgIpc) is 2.77. The van der Waals surface area contributed by atoms with Gasteiger partial charge in [0.15, 0.2) is 5.41 Å². The van der Waals surface area contributed by atoms with E-state index in [1.165, 1.54) is 12.8 Å². The molecule has 30 heavy (non-hydrogen) atoms. The SMILES string of the molecule is CCCCCOc1ccc(-c2ccc(OC(=O)C3(C#N)CCCC(C)C3)cc2)cc1. The number of rotatable bonds is 8. The van der Waals surface area contributed by atoms with Gasteiger partial charge in [-0.15, -0.1) is 0 Å². The number of esters is 1. The summed E-state index contributed by atoms with van der Waals surface area (Å²) in [6.45, 7) is 5.02. The molecule has 1 fully saturated rings. The molecule has 1 aliphatic carbocycles. The van der Waals surface area contributed by atoms with Crippen molar-refractivity contribution in [1.82, 2.24) is 0 Å². The molecular formula is C26H31NO3. The van der Waals surface area contributed by atoms with E-state index in [1.54, 1.807) is 12.1 Å². The lowest BCUT2D eigenvalue weighted by molar-refractivity contribution is -0.144. The maximum Gasteiger partial charge on any atom is 0.331 e. The van der Waals surface area contributed by atoms with Gasteiger partial charge in [-0.2, -0.15) is 5.26 Å². The smallest absolute Gasteiger partial charge is 0.331 e. The maximum atomic E-state index is 12.7. The number of nitrogens with zero attached hydrogens (tertiary/aromatic N) is 1. The molecule has 0 aromatic heterocycles. The summed E-state index contributed by atoms with van der Waals surface area (Å²) >= 11 is 0. The fraction of sp³-hybridized carbons (Fsp3) is 0.462. The van der Waals surface area contributed by atoms with Crippen molar-refractivity contribution in [2.45, 2.75) is 58.8 Å². The second kappa shape index (κ2) is 10.3. The zero-order valence-electron chi connectivity index (χ0n) is 18.0. The lowest BCUT2D eigenvalue weighted by Gasteiger charge is -2.31. The van der Waals surface area contributed by atoms with E-state index in [4.69, 9.17) is 9.47 Å². The Balaban J connectivity index is 1.61.